The second-order valence-electron chi connectivity index (χ2n) is 3.16. The predicted molar refractivity (Wildman–Crippen MR) is 61.5 cm³/mol. The Hall–Kier alpha value is -1.07. The van der Waals surface area contributed by atoms with Crippen LogP contribution in [-0.4, -0.2) is 18.3 Å². The highest BCUT2D eigenvalue weighted by atomic mass is 32.2. The number of amides is 1. The molecule has 0 spiro atoms. The van der Waals surface area contributed by atoms with Crippen LogP contribution in [0.3, 0.4) is 0 Å². The fourth-order valence-electron chi connectivity index (χ4n) is 1.00. The Morgan fingerprint density at radius 1 is 1.44 bits per heavy atom. The molecule has 0 saturated carbocycles. The monoisotopic (exact) mass is 243 g/mol. The van der Waals surface area contributed by atoms with Crippen molar-refractivity contribution in [3.63, 3.8) is 0 Å². The first-order valence-corrected chi connectivity index (χ1v) is 5.94. The molecule has 0 aliphatic rings. The molecule has 0 atom stereocenters. The van der Waals surface area contributed by atoms with Gasteiger partial charge >= 0.3 is 0 Å². The molecule has 0 radical (unpaired) electrons. The maximum absolute atomic E-state index is 12.6. The van der Waals surface area contributed by atoms with Crippen molar-refractivity contribution in [3.8, 4) is 0 Å². The molecule has 0 bridgehead atoms. The van der Waals surface area contributed by atoms with E-state index in [2.05, 4.69) is 5.48 Å². The van der Waals surface area contributed by atoms with Gasteiger partial charge < -0.3 is 0 Å². The van der Waals surface area contributed by atoms with E-state index in [4.69, 9.17) is 4.84 Å². The number of rotatable bonds is 6. The smallest absolute Gasteiger partial charge is 0.240 e. The van der Waals surface area contributed by atoms with Gasteiger partial charge in [-0.25, -0.2) is 9.87 Å². The summed E-state index contributed by atoms with van der Waals surface area (Å²) in [6, 6.07) is 6.37. The molecule has 0 saturated heterocycles. The Labute approximate surface area is 98.3 Å². The largest absolute Gasteiger partial charge is 0.274 e. The number of hydroxylamine groups is 1. The van der Waals surface area contributed by atoms with Crippen LogP contribution >= 0.6 is 11.8 Å². The van der Waals surface area contributed by atoms with E-state index in [-0.39, 0.29) is 11.7 Å². The number of thioether (sulfide) groups is 1. The summed E-state index contributed by atoms with van der Waals surface area (Å²) >= 11 is 1.63. The van der Waals surface area contributed by atoms with Crippen LogP contribution in [0.15, 0.2) is 29.2 Å². The number of benzene rings is 1. The molecule has 1 rings (SSSR count). The van der Waals surface area contributed by atoms with Crippen molar-refractivity contribution in [1.29, 1.82) is 0 Å². The third-order valence-corrected chi connectivity index (χ3v) is 2.79. The summed E-state index contributed by atoms with van der Waals surface area (Å²) in [7, 11) is 0. The van der Waals surface area contributed by atoms with E-state index in [1.54, 1.807) is 23.9 Å². The van der Waals surface area contributed by atoms with Gasteiger partial charge in [-0.05, 0) is 30.7 Å². The van der Waals surface area contributed by atoms with Crippen molar-refractivity contribution >= 4 is 17.7 Å². The number of nitrogens with one attached hydrogen (secondary N) is 1. The molecule has 88 valence electrons. The molecular formula is C11H14FNO2S. The maximum atomic E-state index is 12.6. The van der Waals surface area contributed by atoms with Crippen LogP contribution in [-0.2, 0) is 9.63 Å². The summed E-state index contributed by atoms with van der Waals surface area (Å²) in [4.78, 5) is 16.4. The fourth-order valence-corrected chi connectivity index (χ4v) is 1.83. The highest BCUT2D eigenvalue weighted by Gasteiger charge is 1.96. The van der Waals surface area contributed by atoms with Gasteiger partial charge in [0, 0.05) is 17.6 Å². The van der Waals surface area contributed by atoms with E-state index in [1.165, 1.54) is 19.1 Å². The normalized spacial score (nSPS) is 10.1. The first-order valence-electron chi connectivity index (χ1n) is 4.95. The Bertz CT molecular complexity index is 329. The van der Waals surface area contributed by atoms with Crippen LogP contribution in [0.4, 0.5) is 4.39 Å². The number of carbonyl (C=O) groups excluding carboxylic acids is 1. The van der Waals surface area contributed by atoms with Gasteiger partial charge in [0.05, 0.1) is 6.61 Å². The quantitative estimate of drug-likeness (QED) is 0.473. The molecule has 1 aromatic carbocycles. The third kappa shape index (κ3) is 5.72. The minimum atomic E-state index is -0.224. The number of hydrogen-bond acceptors (Lipinski definition) is 3. The second-order valence-corrected chi connectivity index (χ2v) is 4.33. The van der Waals surface area contributed by atoms with Crippen LogP contribution in [0.5, 0.6) is 0 Å². The van der Waals surface area contributed by atoms with Gasteiger partial charge in [0.25, 0.3) is 0 Å². The summed E-state index contributed by atoms with van der Waals surface area (Å²) in [5, 5.41) is 0. The number of hydrogen-bond donors (Lipinski definition) is 1. The Morgan fingerprint density at radius 3 is 2.75 bits per heavy atom. The summed E-state index contributed by atoms with van der Waals surface area (Å²) in [6.07, 6.45) is 0.822. The molecule has 16 heavy (non-hydrogen) atoms. The van der Waals surface area contributed by atoms with Crippen LogP contribution in [0.2, 0.25) is 0 Å². The van der Waals surface area contributed by atoms with Crippen molar-refractivity contribution in [2.24, 2.45) is 0 Å². The van der Waals surface area contributed by atoms with E-state index >= 15 is 0 Å². The van der Waals surface area contributed by atoms with Gasteiger partial charge in [-0.1, -0.05) is 0 Å². The SMILES string of the molecule is CC(=O)NOCCCSc1ccc(F)cc1. The highest BCUT2D eigenvalue weighted by Crippen LogP contribution is 2.18. The molecule has 0 unspecified atom stereocenters. The van der Waals surface area contributed by atoms with Crippen molar-refractivity contribution in [2.75, 3.05) is 12.4 Å². The summed E-state index contributed by atoms with van der Waals surface area (Å²) in [5.41, 5.74) is 2.25. The molecule has 0 aromatic heterocycles. The zero-order valence-electron chi connectivity index (χ0n) is 9.03. The minimum Gasteiger partial charge on any atom is -0.274 e. The van der Waals surface area contributed by atoms with Crippen molar-refractivity contribution in [2.45, 2.75) is 18.2 Å². The molecule has 0 aliphatic carbocycles. The summed E-state index contributed by atoms with van der Waals surface area (Å²) in [6.45, 7) is 1.88. The van der Waals surface area contributed by atoms with Gasteiger partial charge in [-0.15, -0.1) is 11.8 Å². The zero-order valence-corrected chi connectivity index (χ0v) is 9.85. The standard InChI is InChI=1S/C11H14FNO2S/c1-9(14)13-15-7-2-8-16-11-5-3-10(12)4-6-11/h3-6H,2,7-8H2,1H3,(H,13,14). The van der Waals surface area contributed by atoms with E-state index in [9.17, 15) is 9.18 Å². The topological polar surface area (TPSA) is 38.3 Å². The molecule has 0 heterocycles. The summed E-state index contributed by atoms with van der Waals surface area (Å²) < 4.78 is 12.6. The minimum absolute atomic E-state index is 0.203. The molecule has 3 nitrogen and oxygen atoms in total. The molecule has 5 heteroatoms. The zero-order chi connectivity index (χ0) is 11.8. The van der Waals surface area contributed by atoms with E-state index in [0.29, 0.717) is 6.61 Å². The molecular weight excluding hydrogens is 229 g/mol. The Morgan fingerprint density at radius 2 is 2.12 bits per heavy atom. The van der Waals surface area contributed by atoms with Crippen molar-refractivity contribution in [3.05, 3.63) is 30.1 Å². The van der Waals surface area contributed by atoms with Gasteiger partial charge in [-0.3, -0.25) is 9.63 Å². The highest BCUT2D eigenvalue weighted by molar-refractivity contribution is 7.99. The van der Waals surface area contributed by atoms with E-state index < -0.39 is 0 Å². The lowest BCUT2D eigenvalue weighted by molar-refractivity contribution is -0.131. The first-order chi connectivity index (χ1) is 7.68. The molecule has 0 fully saturated rings. The van der Waals surface area contributed by atoms with Gasteiger partial charge in [0.1, 0.15) is 5.82 Å². The lowest BCUT2D eigenvalue weighted by Crippen LogP contribution is -2.20. The van der Waals surface area contributed by atoms with Gasteiger partial charge in [-0.2, -0.15) is 0 Å². The average Bonchev–Trinajstić information content (AvgIpc) is 2.25. The number of carbonyl (C=O) groups is 1. The van der Waals surface area contributed by atoms with Gasteiger partial charge in [0.15, 0.2) is 0 Å². The molecule has 0 aliphatic heterocycles. The lowest BCUT2D eigenvalue weighted by atomic mass is 10.4. The van der Waals surface area contributed by atoms with Crippen LogP contribution < -0.4 is 5.48 Å². The van der Waals surface area contributed by atoms with Crippen molar-refractivity contribution in [1.82, 2.24) is 5.48 Å². The Kier molecular flexibility index (Phi) is 5.88. The maximum Gasteiger partial charge on any atom is 0.240 e. The van der Waals surface area contributed by atoms with Crippen LogP contribution in [0.25, 0.3) is 0 Å². The van der Waals surface area contributed by atoms with Crippen molar-refractivity contribution < 1.29 is 14.0 Å². The first kappa shape index (κ1) is 13.0. The van der Waals surface area contributed by atoms with Gasteiger partial charge in [0.2, 0.25) is 5.91 Å². The molecule has 1 amide bonds. The van der Waals surface area contributed by atoms with E-state index in [1.807, 2.05) is 0 Å². The number of halogens is 1. The Balaban J connectivity index is 2.07. The molecule has 1 aromatic rings. The van der Waals surface area contributed by atoms with Crippen LogP contribution in [0.1, 0.15) is 13.3 Å². The second kappa shape index (κ2) is 7.24. The predicted octanol–water partition coefficient (Wildman–Crippen LogP) is 2.38. The summed E-state index contributed by atoms with van der Waals surface area (Å²) in [5.74, 6) is 0.440. The van der Waals surface area contributed by atoms with Crippen LogP contribution in [0, 0.1) is 5.82 Å². The average molecular weight is 243 g/mol. The van der Waals surface area contributed by atoms with E-state index in [0.717, 1.165) is 17.1 Å². The lowest BCUT2D eigenvalue weighted by Gasteiger charge is -2.03. The molecule has 1 N–H and O–H groups in total. The fraction of sp³-hybridized carbons (Fsp3) is 0.364. The third-order valence-electron chi connectivity index (χ3n) is 1.69.